The monoisotopic (exact) mass is 286 g/mol. The number of aromatic nitrogens is 3. The van der Waals surface area contributed by atoms with Crippen LogP contribution in [-0.4, -0.2) is 39.0 Å². The van der Waals surface area contributed by atoms with Crippen LogP contribution in [0.4, 0.5) is 0 Å². The molecule has 1 N–H and O–H groups in total. The Bertz CT molecular complexity index is 663. The van der Waals surface area contributed by atoms with Gasteiger partial charge in [-0.15, -0.1) is 0 Å². The number of nitrogens with zero attached hydrogens (tertiary/aromatic N) is 3. The fourth-order valence-corrected chi connectivity index (χ4v) is 3.93. The summed E-state index contributed by atoms with van der Waals surface area (Å²) in [6, 6.07) is 1.82. The normalized spacial score (nSPS) is 28.0. The Morgan fingerprint density at radius 1 is 1.57 bits per heavy atom. The molecule has 2 atom stereocenters. The molecular formula is C15H18N4O2. The topological polar surface area (TPSA) is 75.0 Å². The number of carbonyl (C=O) groups excluding carboxylic acids is 1. The van der Waals surface area contributed by atoms with Gasteiger partial charge in [0.25, 0.3) is 5.91 Å². The highest BCUT2D eigenvalue weighted by molar-refractivity contribution is 5.94. The molecule has 6 nitrogen and oxygen atoms in total. The lowest BCUT2D eigenvalue weighted by atomic mass is 9.80. The second-order valence-electron chi connectivity index (χ2n) is 6.18. The molecule has 1 amide bonds. The average Bonchev–Trinajstić information content (AvgIpc) is 3.21. The first-order valence-corrected chi connectivity index (χ1v) is 7.42. The highest BCUT2D eigenvalue weighted by Crippen LogP contribution is 2.50. The van der Waals surface area contributed by atoms with Crippen molar-refractivity contribution in [3.63, 3.8) is 0 Å². The highest BCUT2D eigenvalue weighted by Gasteiger charge is 2.55. The third-order valence-corrected chi connectivity index (χ3v) is 4.96. The summed E-state index contributed by atoms with van der Waals surface area (Å²) in [4.78, 5) is 21.9. The number of amides is 1. The number of rotatable bonds is 2. The standard InChI is InChI=1S/C15H18N4O2/c1-10-17-14(21-18-10)15-5-2-3-12(15)8-19(9-15)13(20)11-4-6-16-7-11/h4,6-7,12,16H,2-3,5,8-9H2,1H3/t12-,15-/m0/s1. The fourth-order valence-electron chi connectivity index (χ4n) is 3.93. The van der Waals surface area contributed by atoms with Gasteiger partial charge in [0.1, 0.15) is 0 Å². The van der Waals surface area contributed by atoms with E-state index in [0.717, 1.165) is 25.8 Å². The van der Waals surface area contributed by atoms with Gasteiger partial charge in [0.15, 0.2) is 5.82 Å². The van der Waals surface area contributed by atoms with Gasteiger partial charge in [0.05, 0.1) is 11.0 Å². The Balaban J connectivity index is 1.65. The summed E-state index contributed by atoms with van der Waals surface area (Å²) in [5.74, 6) is 1.90. The minimum atomic E-state index is -0.132. The number of hydrogen-bond donors (Lipinski definition) is 1. The summed E-state index contributed by atoms with van der Waals surface area (Å²) < 4.78 is 5.47. The molecule has 21 heavy (non-hydrogen) atoms. The molecule has 0 bridgehead atoms. The van der Waals surface area contributed by atoms with Gasteiger partial charge < -0.3 is 14.4 Å². The van der Waals surface area contributed by atoms with E-state index in [1.807, 2.05) is 17.9 Å². The summed E-state index contributed by atoms with van der Waals surface area (Å²) in [5, 5.41) is 3.94. The predicted octanol–water partition coefficient (Wildman–Crippen LogP) is 1.90. The molecule has 2 aromatic heterocycles. The van der Waals surface area contributed by atoms with Crippen LogP contribution in [0.1, 0.15) is 41.3 Å². The zero-order valence-corrected chi connectivity index (χ0v) is 12.0. The van der Waals surface area contributed by atoms with Crippen LogP contribution in [0.5, 0.6) is 0 Å². The maximum Gasteiger partial charge on any atom is 0.255 e. The first kappa shape index (κ1) is 12.6. The van der Waals surface area contributed by atoms with Crippen molar-refractivity contribution in [2.24, 2.45) is 5.92 Å². The second-order valence-corrected chi connectivity index (χ2v) is 6.18. The van der Waals surface area contributed by atoms with Gasteiger partial charge in [-0.3, -0.25) is 4.79 Å². The second kappa shape index (κ2) is 4.44. The van der Waals surface area contributed by atoms with Gasteiger partial charge in [-0.1, -0.05) is 11.6 Å². The predicted molar refractivity (Wildman–Crippen MR) is 74.8 cm³/mol. The van der Waals surface area contributed by atoms with Crippen LogP contribution in [0.25, 0.3) is 0 Å². The van der Waals surface area contributed by atoms with Crippen molar-refractivity contribution < 1.29 is 9.32 Å². The SMILES string of the molecule is Cc1noc([C@]23CCC[C@H]2CN(C(=O)c2cc[nH]c2)C3)n1. The maximum atomic E-state index is 12.6. The molecule has 110 valence electrons. The van der Waals surface area contributed by atoms with Crippen molar-refractivity contribution in [2.45, 2.75) is 31.6 Å². The molecule has 0 radical (unpaired) electrons. The number of nitrogens with one attached hydrogen (secondary N) is 1. The molecule has 2 aromatic rings. The Labute approximate surface area is 122 Å². The van der Waals surface area contributed by atoms with E-state index in [4.69, 9.17) is 4.52 Å². The van der Waals surface area contributed by atoms with Crippen molar-refractivity contribution in [1.29, 1.82) is 0 Å². The van der Waals surface area contributed by atoms with Crippen molar-refractivity contribution in [3.8, 4) is 0 Å². The van der Waals surface area contributed by atoms with Crippen LogP contribution >= 0.6 is 0 Å². The highest BCUT2D eigenvalue weighted by atomic mass is 16.5. The average molecular weight is 286 g/mol. The van der Waals surface area contributed by atoms with Crippen LogP contribution in [0.15, 0.2) is 23.0 Å². The molecule has 1 saturated carbocycles. The third kappa shape index (κ3) is 1.81. The number of H-pyrrole nitrogens is 1. The van der Waals surface area contributed by atoms with E-state index >= 15 is 0 Å². The molecule has 1 aliphatic heterocycles. The first-order valence-electron chi connectivity index (χ1n) is 7.42. The summed E-state index contributed by atoms with van der Waals surface area (Å²) in [5.41, 5.74) is 0.583. The minimum Gasteiger partial charge on any atom is -0.367 e. The van der Waals surface area contributed by atoms with Crippen LogP contribution in [0.3, 0.4) is 0 Å². The van der Waals surface area contributed by atoms with Gasteiger partial charge in [-0.2, -0.15) is 4.98 Å². The van der Waals surface area contributed by atoms with Crippen molar-refractivity contribution in [3.05, 3.63) is 35.7 Å². The van der Waals surface area contributed by atoms with Gasteiger partial charge in [-0.25, -0.2) is 0 Å². The van der Waals surface area contributed by atoms with Gasteiger partial charge in [0, 0.05) is 25.5 Å². The maximum absolute atomic E-state index is 12.6. The molecule has 3 heterocycles. The Kier molecular flexibility index (Phi) is 2.67. The molecule has 6 heteroatoms. The molecule has 4 rings (SSSR count). The van der Waals surface area contributed by atoms with Gasteiger partial charge in [-0.05, 0) is 31.7 Å². The Hall–Kier alpha value is -2.11. The Morgan fingerprint density at radius 3 is 3.19 bits per heavy atom. The molecule has 1 aliphatic carbocycles. The number of hydrogen-bond acceptors (Lipinski definition) is 4. The quantitative estimate of drug-likeness (QED) is 0.915. The molecule has 2 fully saturated rings. The van der Waals surface area contributed by atoms with Crippen molar-refractivity contribution in [1.82, 2.24) is 20.0 Å². The minimum absolute atomic E-state index is 0.0845. The summed E-state index contributed by atoms with van der Waals surface area (Å²) in [7, 11) is 0. The summed E-state index contributed by atoms with van der Waals surface area (Å²) >= 11 is 0. The fraction of sp³-hybridized carbons (Fsp3) is 0.533. The number of aromatic amines is 1. The molecule has 2 aliphatic rings. The lowest BCUT2D eigenvalue weighted by Gasteiger charge is -2.24. The molecule has 0 unspecified atom stereocenters. The molecule has 0 spiro atoms. The van der Waals surface area contributed by atoms with Gasteiger partial charge >= 0.3 is 0 Å². The van der Waals surface area contributed by atoms with E-state index in [1.54, 1.807) is 12.4 Å². The van der Waals surface area contributed by atoms with Crippen LogP contribution in [0.2, 0.25) is 0 Å². The van der Waals surface area contributed by atoms with E-state index in [9.17, 15) is 4.79 Å². The van der Waals surface area contributed by atoms with E-state index in [-0.39, 0.29) is 11.3 Å². The van der Waals surface area contributed by atoms with E-state index < -0.39 is 0 Å². The van der Waals surface area contributed by atoms with Crippen LogP contribution in [0, 0.1) is 12.8 Å². The van der Waals surface area contributed by atoms with Crippen LogP contribution in [-0.2, 0) is 5.41 Å². The van der Waals surface area contributed by atoms with E-state index in [1.165, 1.54) is 0 Å². The van der Waals surface area contributed by atoms with E-state index in [0.29, 0.717) is 29.7 Å². The number of carbonyl (C=O) groups is 1. The number of fused-ring (bicyclic) bond motifs is 1. The largest absolute Gasteiger partial charge is 0.367 e. The number of likely N-dealkylation sites (tertiary alicyclic amines) is 1. The van der Waals surface area contributed by atoms with Crippen molar-refractivity contribution >= 4 is 5.91 Å². The van der Waals surface area contributed by atoms with E-state index in [2.05, 4.69) is 15.1 Å². The first-order chi connectivity index (χ1) is 10.2. The lowest BCUT2D eigenvalue weighted by Crippen LogP contribution is -2.34. The number of aryl methyl sites for hydroxylation is 1. The zero-order chi connectivity index (χ0) is 14.4. The molecular weight excluding hydrogens is 268 g/mol. The smallest absolute Gasteiger partial charge is 0.255 e. The van der Waals surface area contributed by atoms with Crippen LogP contribution < -0.4 is 0 Å². The summed E-state index contributed by atoms with van der Waals surface area (Å²) in [6.07, 6.45) is 6.84. The summed E-state index contributed by atoms with van der Waals surface area (Å²) in [6.45, 7) is 3.31. The van der Waals surface area contributed by atoms with Crippen molar-refractivity contribution in [2.75, 3.05) is 13.1 Å². The third-order valence-electron chi connectivity index (χ3n) is 4.96. The van der Waals surface area contributed by atoms with Gasteiger partial charge in [0.2, 0.25) is 5.89 Å². The Morgan fingerprint density at radius 2 is 2.48 bits per heavy atom. The molecule has 0 aromatic carbocycles. The zero-order valence-electron chi connectivity index (χ0n) is 12.0. The molecule has 1 saturated heterocycles. The lowest BCUT2D eigenvalue weighted by molar-refractivity contribution is 0.0775.